The molecule has 0 bridgehead atoms. The maximum Gasteiger partial charge on any atom is 0.236 e. The molecule has 1 aliphatic heterocycles. The average molecular weight is 331 g/mol. The lowest BCUT2D eigenvalue weighted by Gasteiger charge is -2.22. The summed E-state index contributed by atoms with van der Waals surface area (Å²) in [7, 11) is 1.77. The summed E-state index contributed by atoms with van der Waals surface area (Å²) in [6.45, 7) is 2.73. The third-order valence-electron chi connectivity index (χ3n) is 3.75. The monoisotopic (exact) mass is 330 g/mol. The van der Waals surface area contributed by atoms with Crippen LogP contribution >= 0.6 is 23.2 Å². The molecule has 1 aromatic carbocycles. The summed E-state index contributed by atoms with van der Waals surface area (Å²) in [6.07, 6.45) is 0.956. The molecule has 116 valence electrons. The van der Waals surface area contributed by atoms with Crippen LogP contribution < -0.4 is 0 Å². The van der Waals surface area contributed by atoms with Crippen LogP contribution in [0.2, 0.25) is 10.0 Å². The summed E-state index contributed by atoms with van der Waals surface area (Å²) in [5, 5.41) is 10.3. The Hall–Kier alpha value is -0.810. The number of carbonyl (C=O) groups excluding carboxylic acids is 1. The van der Waals surface area contributed by atoms with Crippen LogP contribution in [-0.2, 0) is 11.3 Å². The number of amides is 1. The number of carbonyl (C=O) groups is 1. The van der Waals surface area contributed by atoms with Crippen LogP contribution in [-0.4, -0.2) is 54.1 Å². The number of halogens is 2. The summed E-state index contributed by atoms with van der Waals surface area (Å²) in [5.41, 5.74) is 0.915. The highest BCUT2D eigenvalue weighted by Crippen LogP contribution is 2.20. The maximum atomic E-state index is 12.2. The molecule has 2 rings (SSSR count). The SMILES string of the molecule is CN(Cc1cc(Cl)cc(Cl)c1)C(=O)CN1CCC(CO)C1. The Kier molecular flexibility index (Phi) is 5.88. The fourth-order valence-corrected chi connectivity index (χ4v) is 3.15. The van der Waals surface area contributed by atoms with Crippen molar-refractivity contribution in [2.75, 3.05) is 33.3 Å². The van der Waals surface area contributed by atoms with Crippen molar-refractivity contribution in [1.29, 1.82) is 0 Å². The van der Waals surface area contributed by atoms with Gasteiger partial charge in [0, 0.05) is 36.8 Å². The lowest BCUT2D eigenvalue weighted by molar-refractivity contribution is -0.131. The molecule has 1 fully saturated rings. The lowest BCUT2D eigenvalue weighted by atomic mass is 10.1. The van der Waals surface area contributed by atoms with Gasteiger partial charge in [-0.3, -0.25) is 9.69 Å². The second-order valence-electron chi connectivity index (χ2n) is 5.60. The third kappa shape index (κ3) is 4.85. The Morgan fingerprint density at radius 2 is 2.05 bits per heavy atom. The Labute approximate surface area is 135 Å². The van der Waals surface area contributed by atoms with E-state index < -0.39 is 0 Å². The summed E-state index contributed by atoms with van der Waals surface area (Å²) >= 11 is 11.9. The minimum absolute atomic E-state index is 0.0599. The molecule has 0 spiro atoms. The fourth-order valence-electron chi connectivity index (χ4n) is 2.58. The zero-order valence-electron chi connectivity index (χ0n) is 12.1. The molecule has 21 heavy (non-hydrogen) atoms. The van der Waals surface area contributed by atoms with Gasteiger partial charge in [0.15, 0.2) is 0 Å². The second kappa shape index (κ2) is 7.45. The first-order valence-electron chi connectivity index (χ1n) is 7.00. The Morgan fingerprint density at radius 1 is 1.38 bits per heavy atom. The number of hydrogen-bond donors (Lipinski definition) is 1. The predicted molar refractivity (Wildman–Crippen MR) is 84.6 cm³/mol. The molecule has 1 aromatic rings. The van der Waals surface area contributed by atoms with E-state index >= 15 is 0 Å². The van der Waals surface area contributed by atoms with E-state index in [4.69, 9.17) is 28.3 Å². The van der Waals surface area contributed by atoms with Gasteiger partial charge in [-0.25, -0.2) is 0 Å². The van der Waals surface area contributed by atoms with Gasteiger partial charge < -0.3 is 10.0 Å². The Morgan fingerprint density at radius 3 is 2.62 bits per heavy atom. The molecule has 1 unspecified atom stereocenters. The summed E-state index contributed by atoms with van der Waals surface area (Å²) < 4.78 is 0. The largest absolute Gasteiger partial charge is 0.396 e. The second-order valence-corrected chi connectivity index (χ2v) is 6.47. The molecule has 0 aromatic heterocycles. The Bertz CT molecular complexity index is 490. The van der Waals surface area contributed by atoms with E-state index in [0.29, 0.717) is 29.1 Å². The highest BCUT2D eigenvalue weighted by Gasteiger charge is 2.24. The zero-order chi connectivity index (χ0) is 15.4. The van der Waals surface area contributed by atoms with Gasteiger partial charge >= 0.3 is 0 Å². The van der Waals surface area contributed by atoms with Crippen LogP contribution in [0.1, 0.15) is 12.0 Å². The first kappa shape index (κ1) is 16.6. The van der Waals surface area contributed by atoms with Gasteiger partial charge in [-0.2, -0.15) is 0 Å². The fraction of sp³-hybridized carbons (Fsp3) is 0.533. The molecule has 1 aliphatic rings. The summed E-state index contributed by atoms with van der Waals surface area (Å²) in [6, 6.07) is 5.30. The first-order chi connectivity index (χ1) is 9.97. The van der Waals surface area contributed by atoms with Crippen molar-refractivity contribution in [3.8, 4) is 0 Å². The van der Waals surface area contributed by atoms with Gasteiger partial charge in [0.1, 0.15) is 0 Å². The maximum absolute atomic E-state index is 12.2. The molecule has 6 heteroatoms. The molecule has 0 radical (unpaired) electrons. The molecular formula is C15H20Cl2N2O2. The zero-order valence-corrected chi connectivity index (χ0v) is 13.6. The van der Waals surface area contributed by atoms with Gasteiger partial charge in [-0.15, -0.1) is 0 Å². The minimum Gasteiger partial charge on any atom is -0.396 e. The number of aliphatic hydroxyl groups is 1. The van der Waals surface area contributed by atoms with Crippen molar-refractivity contribution in [1.82, 2.24) is 9.80 Å². The third-order valence-corrected chi connectivity index (χ3v) is 4.19. The van der Waals surface area contributed by atoms with E-state index in [0.717, 1.165) is 25.1 Å². The van der Waals surface area contributed by atoms with E-state index in [9.17, 15) is 4.79 Å². The number of benzene rings is 1. The van der Waals surface area contributed by atoms with Crippen molar-refractivity contribution in [3.63, 3.8) is 0 Å². The van der Waals surface area contributed by atoms with Crippen LogP contribution in [0.25, 0.3) is 0 Å². The van der Waals surface area contributed by atoms with Crippen molar-refractivity contribution in [2.24, 2.45) is 5.92 Å². The van der Waals surface area contributed by atoms with Crippen LogP contribution in [0.5, 0.6) is 0 Å². The van der Waals surface area contributed by atoms with Crippen molar-refractivity contribution in [3.05, 3.63) is 33.8 Å². The molecular weight excluding hydrogens is 311 g/mol. The molecule has 1 amide bonds. The summed E-state index contributed by atoms with van der Waals surface area (Å²) in [4.78, 5) is 16.0. The highest BCUT2D eigenvalue weighted by molar-refractivity contribution is 6.34. The normalized spacial score (nSPS) is 19.0. The van der Waals surface area contributed by atoms with Crippen molar-refractivity contribution in [2.45, 2.75) is 13.0 Å². The number of likely N-dealkylation sites (tertiary alicyclic amines) is 1. The number of aliphatic hydroxyl groups excluding tert-OH is 1. The van der Waals surface area contributed by atoms with E-state index in [1.807, 2.05) is 12.1 Å². The van der Waals surface area contributed by atoms with Crippen molar-refractivity contribution >= 4 is 29.1 Å². The number of rotatable bonds is 5. The van der Waals surface area contributed by atoms with Gasteiger partial charge in [-0.1, -0.05) is 23.2 Å². The van der Waals surface area contributed by atoms with Gasteiger partial charge in [0.05, 0.1) is 6.54 Å². The topological polar surface area (TPSA) is 43.8 Å². The standard InChI is InChI=1S/C15H20Cl2N2O2/c1-18(7-12-4-13(16)6-14(17)5-12)15(21)9-19-3-2-11(8-19)10-20/h4-6,11,20H,2-3,7-10H2,1H3. The number of nitrogens with zero attached hydrogens (tertiary/aromatic N) is 2. The predicted octanol–water partition coefficient (Wildman–Crippen LogP) is 2.27. The van der Waals surface area contributed by atoms with E-state index in [2.05, 4.69) is 4.90 Å². The van der Waals surface area contributed by atoms with E-state index in [-0.39, 0.29) is 12.5 Å². The minimum atomic E-state index is 0.0599. The molecule has 0 saturated carbocycles. The van der Waals surface area contributed by atoms with E-state index in [1.165, 1.54) is 0 Å². The first-order valence-corrected chi connectivity index (χ1v) is 7.75. The summed E-state index contributed by atoms with van der Waals surface area (Å²) in [5.74, 6) is 0.361. The Balaban J connectivity index is 1.87. The van der Waals surface area contributed by atoms with Crippen LogP contribution in [0, 0.1) is 5.92 Å². The van der Waals surface area contributed by atoms with Gasteiger partial charge in [-0.05, 0) is 42.6 Å². The van der Waals surface area contributed by atoms with Crippen LogP contribution in [0.3, 0.4) is 0 Å². The molecule has 1 N–H and O–H groups in total. The van der Waals surface area contributed by atoms with Crippen LogP contribution in [0.4, 0.5) is 0 Å². The molecule has 0 aliphatic carbocycles. The van der Waals surface area contributed by atoms with Gasteiger partial charge in [0.25, 0.3) is 0 Å². The smallest absolute Gasteiger partial charge is 0.236 e. The number of hydrogen-bond acceptors (Lipinski definition) is 3. The highest BCUT2D eigenvalue weighted by atomic mass is 35.5. The molecule has 4 nitrogen and oxygen atoms in total. The van der Waals surface area contributed by atoms with Crippen molar-refractivity contribution < 1.29 is 9.90 Å². The lowest BCUT2D eigenvalue weighted by Crippen LogP contribution is -2.37. The molecule has 1 heterocycles. The van der Waals surface area contributed by atoms with Crippen LogP contribution in [0.15, 0.2) is 18.2 Å². The number of likely N-dealkylation sites (N-methyl/N-ethyl adjacent to an activating group) is 1. The average Bonchev–Trinajstić information content (AvgIpc) is 2.85. The quantitative estimate of drug-likeness (QED) is 0.900. The van der Waals surface area contributed by atoms with Gasteiger partial charge in [0.2, 0.25) is 5.91 Å². The molecule has 1 atom stereocenters. The van der Waals surface area contributed by atoms with E-state index in [1.54, 1.807) is 18.0 Å². The molecule has 1 saturated heterocycles.